The number of aliphatic hydroxyl groups excluding tert-OH is 1. The first kappa shape index (κ1) is 13.4. The molecular formula is C13H18O4. The number of methoxy groups -OCH3 is 3. The zero-order chi connectivity index (χ0) is 12.8. The van der Waals surface area contributed by atoms with Gasteiger partial charge in [0.25, 0.3) is 0 Å². The van der Waals surface area contributed by atoms with Gasteiger partial charge in [-0.25, -0.2) is 0 Å². The van der Waals surface area contributed by atoms with E-state index in [0.29, 0.717) is 17.2 Å². The Morgan fingerprint density at radius 3 is 1.94 bits per heavy atom. The van der Waals surface area contributed by atoms with Gasteiger partial charge in [0, 0.05) is 12.1 Å². The van der Waals surface area contributed by atoms with Crippen LogP contribution in [-0.2, 0) is 0 Å². The summed E-state index contributed by atoms with van der Waals surface area (Å²) in [6.07, 6.45) is 2.90. The Kier molecular flexibility index (Phi) is 4.84. The van der Waals surface area contributed by atoms with Crippen LogP contribution >= 0.6 is 0 Å². The third kappa shape index (κ3) is 3.39. The number of benzene rings is 1. The first-order valence-corrected chi connectivity index (χ1v) is 5.28. The lowest BCUT2D eigenvalue weighted by atomic mass is 10.1. The standard InChI is InChI=1S/C13H18O4/c1-9(14)5-6-11-12(16-3)7-10(15-2)8-13(11)17-4/h5-9,14H,1-4H3/b6-5+. The molecule has 0 aliphatic heterocycles. The second kappa shape index (κ2) is 6.15. The van der Waals surface area contributed by atoms with Crippen LogP contribution in [0.15, 0.2) is 18.2 Å². The van der Waals surface area contributed by atoms with Crippen LogP contribution in [0.2, 0.25) is 0 Å². The van der Waals surface area contributed by atoms with Crippen LogP contribution < -0.4 is 14.2 Å². The summed E-state index contributed by atoms with van der Waals surface area (Å²) in [6, 6.07) is 3.54. The Morgan fingerprint density at radius 1 is 1.06 bits per heavy atom. The van der Waals surface area contributed by atoms with Crippen LogP contribution in [0.1, 0.15) is 12.5 Å². The van der Waals surface area contributed by atoms with E-state index >= 15 is 0 Å². The molecule has 4 nitrogen and oxygen atoms in total. The third-order valence-electron chi connectivity index (χ3n) is 2.29. The second-order valence-corrected chi connectivity index (χ2v) is 3.55. The van der Waals surface area contributed by atoms with E-state index in [9.17, 15) is 5.11 Å². The molecule has 0 amide bonds. The monoisotopic (exact) mass is 238 g/mol. The third-order valence-corrected chi connectivity index (χ3v) is 2.29. The van der Waals surface area contributed by atoms with Gasteiger partial charge < -0.3 is 19.3 Å². The Balaban J connectivity index is 3.24. The lowest BCUT2D eigenvalue weighted by molar-refractivity contribution is 0.245. The van der Waals surface area contributed by atoms with E-state index in [1.54, 1.807) is 52.5 Å². The Morgan fingerprint density at radius 2 is 1.59 bits per heavy atom. The largest absolute Gasteiger partial charge is 0.496 e. The Hall–Kier alpha value is -1.68. The minimum atomic E-state index is -0.522. The fourth-order valence-electron chi connectivity index (χ4n) is 1.43. The quantitative estimate of drug-likeness (QED) is 0.853. The molecule has 0 fully saturated rings. The molecule has 94 valence electrons. The van der Waals surface area contributed by atoms with Gasteiger partial charge in [0.1, 0.15) is 17.2 Å². The molecule has 0 saturated heterocycles. The molecule has 0 spiro atoms. The van der Waals surface area contributed by atoms with E-state index in [1.165, 1.54) is 0 Å². The van der Waals surface area contributed by atoms with E-state index in [-0.39, 0.29) is 0 Å². The number of ether oxygens (including phenoxy) is 3. The van der Waals surface area contributed by atoms with E-state index in [1.807, 2.05) is 0 Å². The number of aliphatic hydroxyl groups is 1. The summed E-state index contributed by atoms with van der Waals surface area (Å²) in [4.78, 5) is 0. The van der Waals surface area contributed by atoms with Gasteiger partial charge in [-0.1, -0.05) is 6.08 Å². The molecule has 1 unspecified atom stereocenters. The zero-order valence-electron chi connectivity index (χ0n) is 10.6. The fraction of sp³-hybridized carbons (Fsp3) is 0.385. The van der Waals surface area contributed by atoms with Gasteiger partial charge in [-0.3, -0.25) is 0 Å². The molecule has 0 aromatic heterocycles. The Bertz CT molecular complexity index is 371. The highest BCUT2D eigenvalue weighted by Gasteiger charge is 2.10. The molecule has 0 heterocycles. The van der Waals surface area contributed by atoms with Crippen LogP contribution in [0.3, 0.4) is 0 Å². The van der Waals surface area contributed by atoms with Crippen molar-refractivity contribution in [2.24, 2.45) is 0 Å². The topological polar surface area (TPSA) is 47.9 Å². The molecule has 1 atom stereocenters. The molecule has 0 aliphatic carbocycles. The van der Waals surface area contributed by atoms with Crippen LogP contribution in [0, 0.1) is 0 Å². The first-order chi connectivity index (χ1) is 8.12. The molecular weight excluding hydrogens is 220 g/mol. The SMILES string of the molecule is COc1cc(OC)c(/C=C/C(C)O)c(OC)c1. The van der Waals surface area contributed by atoms with Gasteiger partial charge in [-0.15, -0.1) is 0 Å². The summed E-state index contributed by atoms with van der Waals surface area (Å²) >= 11 is 0. The molecule has 1 N–H and O–H groups in total. The lowest BCUT2D eigenvalue weighted by Gasteiger charge is -2.12. The average Bonchev–Trinajstić information content (AvgIpc) is 2.34. The summed E-state index contributed by atoms with van der Waals surface area (Å²) in [7, 11) is 4.74. The number of hydrogen-bond acceptors (Lipinski definition) is 4. The predicted molar refractivity (Wildman–Crippen MR) is 66.8 cm³/mol. The summed E-state index contributed by atoms with van der Waals surface area (Å²) in [6.45, 7) is 1.68. The molecule has 0 bridgehead atoms. The predicted octanol–water partition coefficient (Wildman–Crippen LogP) is 2.11. The van der Waals surface area contributed by atoms with Crippen LogP contribution in [0.25, 0.3) is 6.08 Å². The normalized spacial score (nSPS) is 12.5. The molecule has 0 aliphatic rings. The molecule has 1 rings (SSSR count). The summed E-state index contributed by atoms with van der Waals surface area (Å²) < 4.78 is 15.7. The highest BCUT2D eigenvalue weighted by atomic mass is 16.5. The van der Waals surface area contributed by atoms with Gasteiger partial charge in [-0.2, -0.15) is 0 Å². The van der Waals surface area contributed by atoms with Gasteiger partial charge in [0.2, 0.25) is 0 Å². The smallest absolute Gasteiger partial charge is 0.133 e. The first-order valence-electron chi connectivity index (χ1n) is 5.28. The molecule has 1 aromatic rings. The van der Waals surface area contributed by atoms with Crippen molar-refractivity contribution >= 4 is 6.08 Å². The highest BCUT2D eigenvalue weighted by molar-refractivity contribution is 5.66. The van der Waals surface area contributed by atoms with Crippen LogP contribution in [0.4, 0.5) is 0 Å². The maximum atomic E-state index is 9.25. The van der Waals surface area contributed by atoms with Gasteiger partial charge in [0.05, 0.1) is 33.0 Å². The molecule has 4 heteroatoms. The van der Waals surface area contributed by atoms with Crippen molar-refractivity contribution in [1.82, 2.24) is 0 Å². The average molecular weight is 238 g/mol. The number of rotatable bonds is 5. The summed E-state index contributed by atoms with van der Waals surface area (Å²) in [5.74, 6) is 1.93. The van der Waals surface area contributed by atoms with Crippen molar-refractivity contribution in [2.45, 2.75) is 13.0 Å². The van der Waals surface area contributed by atoms with Crippen molar-refractivity contribution < 1.29 is 19.3 Å². The Labute approximate surface area is 101 Å². The van der Waals surface area contributed by atoms with E-state index < -0.39 is 6.10 Å². The van der Waals surface area contributed by atoms with E-state index in [4.69, 9.17) is 14.2 Å². The van der Waals surface area contributed by atoms with Gasteiger partial charge in [0.15, 0.2) is 0 Å². The summed E-state index contributed by atoms with van der Waals surface area (Å²) in [5, 5.41) is 9.25. The molecule has 0 radical (unpaired) electrons. The van der Waals surface area contributed by atoms with Crippen LogP contribution in [-0.4, -0.2) is 32.5 Å². The van der Waals surface area contributed by atoms with Crippen LogP contribution in [0.5, 0.6) is 17.2 Å². The molecule has 0 saturated carbocycles. The van der Waals surface area contributed by atoms with Gasteiger partial charge in [-0.05, 0) is 13.0 Å². The number of hydrogen-bond donors (Lipinski definition) is 1. The van der Waals surface area contributed by atoms with Crippen molar-refractivity contribution in [3.8, 4) is 17.2 Å². The highest BCUT2D eigenvalue weighted by Crippen LogP contribution is 2.34. The van der Waals surface area contributed by atoms with E-state index in [0.717, 1.165) is 5.56 Å². The molecule has 1 aromatic carbocycles. The maximum absolute atomic E-state index is 9.25. The zero-order valence-corrected chi connectivity index (χ0v) is 10.6. The maximum Gasteiger partial charge on any atom is 0.133 e. The van der Waals surface area contributed by atoms with E-state index in [2.05, 4.69) is 0 Å². The lowest BCUT2D eigenvalue weighted by Crippen LogP contribution is -1.96. The summed E-state index contributed by atoms with van der Waals surface area (Å²) in [5.41, 5.74) is 0.775. The van der Waals surface area contributed by atoms with Crippen molar-refractivity contribution in [2.75, 3.05) is 21.3 Å². The minimum absolute atomic E-state index is 0.522. The van der Waals surface area contributed by atoms with Gasteiger partial charge >= 0.3 is 0 Å². The fourth-order valence-corrected chi connectivity index (χ4v) is 1.43. The van der Waals surface area contributed by atoms with Crippen molar-refractivity contribution in [3.63, 3.8) is 0 Å². The second-order valence-electron chi connectivity index (χ2n) is 3.55. The minimum Gasteiger partial charge on any atom is -0.496 e. The van der Waals surface area contributed by atoms with Crippen molar-refractivity contribution in [3.05, 3.63) is 23.8 Å². The van der Waals surface area contributed by atoms with Crippen molar-refractivity contribution in [1.29, 1.82) is 0 Å². The molecule has 17 heavy (non-hydrogen) atoms.